The number of aryl methyl sites for hydroxylation is 1. The van der Waals surface area contributed by atoms with Crippen molar-refractivity contribution in [1.82, 2.24) is 9.88 Å². The Hall–Kier alpha value is -1.69. The van der Waals surface area contributed by atoms with E-state index in [1.54, 1.807) is 7.05 Å². The Labute approximate surface area is 102 Å². The van der Waals surface area contributed by atoms with Gasteiger partial charge < -0.3 is 9.73 Å². The molecule has 0 amide bonds. The Morgan fingerprint density at radius 3 is 2.83 bits per heavy atom. The maximum absolute atomic E-state index is 13.8. The van der Waals surface area contributed by atoms with Gasteiger partial charge in [-0.25, -0.2) is 13.6 Å². The maximum Gasteiger partial charge on any atom is 0.419 e. The Morgan fingerprint density at radius 1 is 1.44 bits per heavy atom. The predicted octanol–water partition coefficient (Wildman–Crippen LogP) is 1.83. The van der Waals surface area contributed by atoms with Crippen molar-refractivity contribution in [3.63, 3.8) is 0 Å². The summed E-state index contributed by atoms with van der Waals surface area (Å²) in [5.74, 6) is -3.49. The number of hydrogen-bond donors (Lipinski definition) is 1. The highest BCUT2D eigenvalue weighted by Gasteiger charge is 2.31. The lowest BCUT2D eigenvalue weighted by molar-refractivity contribution is -0.0123. The Morgan fingerprint density at radius 2 is 2.17 bits per heavy atom. The lowest BCUT2D eigenvalue weighted by Crippen LogP contribution is -2.20. The standard InChI is InChI=1S/C12H14F2N2O2/c1-15-6-5-12(13,14)8-3-4-9-10(7-8)18-11(17)16(9)2/h3-4,7,15H,5-6H2,1-2H3. The van der Waals surface area contributed by atoms with E-state index in [1.165, 1.54) is 29.8 Å². The first kappa shape index (κ1) is 12.8. The quantitative estimate of drug-likeness (QED) is 0.907. The van der Waals surface area contributed by atoms with E-state index in [-0.39, 0.29) is 24.1 Å². The van der Waals surface area contributed by atoms with Gasteiger partial charge in [0.15, 0.2) is 5.58 Å². The zero-order valence-electron chi connectivity index (χ0n) is 10.2. The van der Waals surface area contributed by atoms with Crippen LogP contribution in [0.15, 0.2) is 27.4 Å². The van der Waals surface area contributed by atoms with E-state index in [9.17, 15) is 13.6 Å². The molecule has 2 rings (SSSR count). The molecule has 0 spiro atoms. The van der Waals surface area contributed by atoms with Gasteiger partial charge in [0.25, 0.3) is 5.92 Å². The van der Waals surface area contributed by atoms with Crippen LogP contribution in [0.3, 0.4) is 0 Å². The summed E-state index contributed by atoms with van der Waals surface area (Å²) < 4.78 is 33.8. The summed E-state index contributed by atoms with van der Waals surface area (Å²) in [5.41, 5.74) is 0.553. The smallest absolute Gasteiger partial charge is 0.408 e. The molecule has 98 valence electrons. The van der Waals surface area contributed by atoms with Gasteiger partial charge in [-0.1, -0.05) is 6.07 Å². The average Bonchev–Trinajstić information content (AvgIpc) is 2.62. The summed E-state index contributed by atoms with van der Waals surface area (Å²) in [6.45, 7) is 0.212. The van der Waals surface area contributed by atoms with Gasteiger partial charge >= 0.3 is 5.76 Å². The number of nitrogens with zero attached hydrogens (tertiary/aromatic N) is 1. The fourth-order valence-electron chi connectivity index (χ4n) is 1.79. The van der Waals surface area contributed by atoms with E-state index in [2.05, 4.69) is 5.32 Å². The van der Waals surface area contributed by atoms with Crippen LogP contribution in [0.4, 0.5) is 8.78 Å². The van der Waals surface area contributed by atoms with Crippen molar-refractivity contribution in [2.75, 3.05) is 13.6 Å². The molecule has 2 aromatic rings. The number of oxazole rings is 1. The second kappa shape index (κ2) is 4.53. The molecule has 1 heterocycles. The van der Waals surface area contributed by atoms with Crippen molar-refractivity contribution in [2.24, 2.45) is 7.05 Å². The number of halogens is 2. The van der Waals surface area contributed by atoms with Crippen molar-refractivity contribution in [3.8, 4) is 0 Å². The molecule has 18 heavy (non-hydrogen) atoms. The first-order valence-electron chi connectivity index (χ1n) is 5.58. The van der Waals surface area contributed by atoms with E-state index in [0.29, 0.717) is 5.52 Å². The third-order valence-corrected chi connectivity index (χ3v) is 2.90. The van der Waals surface area contributed by atoms with Gasteiger partial charge in [-0.15, -0.1) is 0 Å². The van der Waals surface area contributed by atoms with Crippen LogP contribution in [-0.4, -0.2) is 18.2 Å². The minimum atomic E-state index is -2.94. The average molecular weight is 256 g/mol. The monoisotopic (exact) mass is 256 g/mol. The number of rotatable bonds is 4. The fourth-order valence-corrected chi connectivity index (χ4v) is 1.79. The molecule has 0 saturated heterocycles. The molecule has 0 radical (unpaired) electrons. The van der Waals surface area contributed by atoms with Gasteiger partial charge in [0.1, 0.15) is 0 Å². The Kier molecular flexibility index (Phi) is 3.21. The number of hydrogen-bond acceptors (Lipinski definition) is 3. The molecule has 6 heteroatoms. The predicted molar refractivity (Wildman–Crippen MR) is 63.9 cm³/mol. The van der Waals surface area contributed by atoms with E-state index in [4.69, 9.17) is 4.42 Å². The van der Waals surface area contributed by atoms with Crippen LogP contribution >= 0.6 is 0 Å². The Balaban J connectivity index is 2.44. The molecule has 1 aromatic carbocycles. The van der Waals surface area contributed by atoms with E-state index in [0.717, 1.165) is 0 Å². The zero-order valence-corrected chi connectivity index (χ0v) is 10.2. The fraction of sp³-hybridized carbons (Fsp3) is 0.417. The molecular formula is C12H14F2N2O2. The molecule has 0 aliphatic rings. The molecular weight excluding hydrogens is 242 g/mol. The number of benzene rings is 1. The largest absolute Gasteiger partial charge is 0.419 e. The third kappa shape index (κ3) is 2.15. The van der Waals surface area contributed by atoms with Crippen molar-refractivity contribution in [3.05, 3.63) is 34.3 Å². The topological polar surface area (TPSA) is 47.2 Å². The second-order valence-corrected chi connectivity index (χ2v) is 4.17. The number of aromatic nitrogens is 1. The SMILES string of the molecule is CNCCC(F)(F)c1ccc2c(c1)oc(=O)n2C. The third-order valence-electron chi connectivity index (χ3n) is 2.90. The summed E-state index contributed by atoms with van der Waals surface area (Å²) in [4.78, 5) is 11.3. The number of alkyl halides is 2. The second-order valence-electron chi connectivity index (χ2n) is 4.17. The van der Waals surface area contributed by atoms with Crippen LogP contribution in [0.25, 0.3) is 11.1 Å². The molecule has 4 nitrogen and oxygen atoms in total. The molecule has 1 N–H and O–H groups in total. The summed E-state index contributed by atoms with van der Waals surface area (Å²) >= 11 is 0. The number of nitrogens with one attached hydrogen (secondary N) is 1. The van der Waals surface area contributed by atoms with Gasteiger partial charge in [-0.3, -0.25) is 4.57 Å². The van der Waals surface area contributed by atoms with Crippen molar-refractivity contribution in [1.29, 1.82) is 0 Å². The molecule has 1 aromatic heterocycles. The van der Waals surface area contributed by atoms with Crippen LogP contribution < -0.4 is 11.1 Å². The molecule has 0 aliphatic carbocycles. The summed E-state index contributed by atoms with van der Waals surface area (Å²) in [5, 5.41) is 2.69. The van der Waals surface area contributed by atoms with Gasteiger partial charge in [0.05, 0.1) is 5.52 Å². The van der Waals surface area contributed by atoms with Crippen molar-refractivity contribution < 1.29 is 13.2 Å². The molecule has 0 fully saturated rings. The summed E-state index contributed by atoms with van der Waals surface area (Å²) in [6.07, 6.45) is -0.300. The van der Waals surface area contributed by atoms with Crippen LogP contribution in [0.5, 0.6) is 0 Å². The lowest BCUT2D eigenvalue weighted by atomic mass is 10.1. The maximum atomic E-state index is 13.8. The molecule has 0 aliphatic heterocycles. The van der Waals surface area contributed by atoms with Crippen LogP contribution in [-0.2, 0) is 13.0 Å². The molecule has 0 unspecified atom stereocenters. The molecule has 0 atom stereocenters. The van der Waals surface area contributed by atoms with Gasteiger partial charge in [-0.05, 0) is 19.2 Å². The zero-order chi connectivity index (χ0) is 13.3. The Bertz CT molecular complexity index is 616. The summed E-state index contributed by atoms with van der Waals surface area (Å²) in [6, 6.07) is 4.03. The van der Waals surface area contributed by atoms with E-state index in [1.807, 2.05) is 0 Å². The summed E-state index contributed by atoms with van der Waals surface area (Å²) in [7, 11) is 3.16. The van der Waals surface area contributed by atoms with E-state index >= 15 is 0 Å². The minimum absolute atomic E-state index is 0.139. The van der Waals surface area contributed by atoms with Crippen LogP contribution in [0, 0.1) is 0 Å². The van der Waals surface area contributed by atoms with E-state index < -0.39 is 11.7 Å². The first-order valence-corrected chi connectivity index (χ1v) is 5.58. The van der Waals surface area contributed by atoms with Crippen molar-refractivity contribution in [2.45, 2.75) is 12.3 Å². The molecule has 0 saturated carbocycles. The lowest BCUT2D eigenvalue weighted by Gasteiger charge is -2.16. The van der Waals surface area contributed by atoms with Gasteiger partial charge in [-0.2, -0.15) is 0 Å². The van der Waals surface area contributed by atoms with Crippen LogP contribution in [0.2, 0.25) is 0 Å². The molecule has 0 bridgehead atoms. The first-order chi connectivity index (χ1) is 8.45. The van der Waals surface area contributed by atoms with Crippen LogP contribution in [0.1, 0.15) is 12.0 Å². The highest BCUT2D eigenvalue weighted by atomic mass is 19.3. The van der Waals surface area contributed by atoms with Gasteiger partial charge in [0, 0.05) is 25.6 Å². The normalized spacial score (nSPS) is 12.2. The van der Waals surface area contributed by atoms with Gasteiger partial charge in [0.2, 0.25) is 0 Å². The minimum Gasteiger partial charge on any atom is -0.408 e. The highest BCUT2D eigenvalue weighted by Crippen LogP contribution is 2.32. The van der Waals surface area contributed by atoms with Crippen molar-refractivity contribution >= 4 is 11.1 Å². The number of fused-ring (bicyclic) bond motifs is 1. The highest BCUT2D eigenvalue weighted by molar-refractivity contribution is 5.73.